The summed E-state index contributed by atoms with van der Waals surface area (Å²) in [7, 11) is 0. The van der Waals surface area contributed by atoms with E-state index in [2.05, 4.69) is 20.3 Å². The lowest BCUT2D eigenvalue weighted by molar-refractivity contribution is 0.112. The fraction of sp³-hybridized carbons (Fsp3) is 0.222. The predicted octanol–water partition coefficient (Wildman–Crippen LogP) is 3.63. The zero-order chi connectivity index (χ0) is 19.1. The highest BCUT2D eigenvalue weighted by Crippen LogP contribution is 2.32. The largest absolute Gasteiger partial charge is 0.383 e. The topological polar surface area (TPSA) is 121 Å². The smallest absolute Gasteiger partial charge is 0.150 e. The molecule has 26 heavy (non-hydrogen) atoms. The molecule has 0 unspecified atom stereocenters. The third-order valence-corrected chi connectivity index (χ3v) is 4.16. The first-order valence-corrected chi connectivity index (χ1v) is 8.33. The van der Waals surface area contributed by atoms with Gasteiger partial charge < -0.3 is 16.0 Å². The Morgan fingerprint density at radius 1 is 1.35 bits per heavy atom. The number of nitrogen functional groups attached to an aromatic ring is 1. The molecule has 3 aromatic rings. The van der Waals surface area contributed by atoms with Gasteiger partial charge >= 0.3 is 0 Å². The zero-order valence-electron chi connectivity index (χ0n) is 14.6. The number of carbonyl (C=O) groups is 1. The molecular weight excluding hydrogens is 352 g/mol. The molecule has 0 saturated carbocycles. The number of fused-ring (bicyclic) bond motifs is 1. The Morgan fingerprint density at radius 2 is 2.08 bits per heavy atom. The highest BCUT2D eigenvalue weighted by atomic mass is 35.5. The average Bonchev–Trinajstić information content (AvgIpc) is 2.89. The van der Waals surface area contributed by atoms with Gasteiger partial charge in [-0.05, 0) is 26.8 Å². The number of nitrogens with two attached hydrogens (primary N) is 1. The molecule has 3 rings (SSSR count). The van der Waals surface area contributed by atoms with Crippen LogP contribution in [0.25, 0.3) is 10.9 Å². The minimum absolute atomic E-state index is 0.0729. The summed E-state index contributed by atoms with van der Waals surface area (Å²) in [6, 6.07) is 5.10. The van der Waals surface area contributed by atoms with Crippen LogP contribution in [0, 0.1) is 5.41 Å². The number of aldehydes is 1. The van der Waals surface area contributed by atoms with Crippen molar-refractivity contribution >= 4 is 46.1 Å². The van der Waals surface area contributed by atoms with Gasteiger partial charge in [0.1, 0.15) is 24.2 Å². The predicted molar refractivity (Wildman–Crippen MR) is 104 cm³/mol. The SMILES string of the molecule is CC(C)(C)Nc1ncnc(N)c1C(=N)c1[nH]c2cc(C=O)ccc2c1Cl. The van der Waals surface area contributed by atoms with Gasteiger partial charge in [0.05, 0.1) is 22.0 Å². The van der Waals surface area contributed by atoms with Crippen LogP contribution in [0.4, 0.5) is 11.6 Å². The molecule has 1 aromatic carbocycles. The number of nitrogens with one attached hydrogen (secondary N) is 3. The molecule has 7 nitrogen and oxygen atoms in total. The second kappa shape index (κ2) is 6.42. The third-order valence-electron chi connectivity index (χ3n) is 3.77. The third kappa shape index (κ3) is 3.25. The monoisotopic (exact) mass is 370 g/mol. The first kappa shape index (κ1) is 17.9. The van der Waals surface area contributed by atoms with Crippen molar-refractivity contribution in [2.75, 3.05) is 11.1 Å². The lowest BCUT2D eigenvalue weighted by Crippen LogP contribution is -2.28. The van der Waals surface area contributed by atoms with Crippen molar-refractivity contribution in [3.8, 4) is 0 Å². The van der Waals surface area contributed by atoms with Gasteiger partial charge in [0.15, 0.2) is 0 Å². The van der Waals surface area contributed by atoms with E-state index in [1.807, 2.05) is 20.8 Å². The standard InChI is InChI=1S/C18H19ClN6O/c1-18(2,3)25-17-12(16(21)22-8-23-17)14(20)15-13(19)10-5-4-9(7-26)6-11(10)24-15/h4-8,20,24H,1-3H3,(H3,21,22,23,25). The van der Waals surface area contributed by atoms with E-state index in [1.54, 1.807) is 18.2 Å². The molecular formula is C18H19ClN6O. The van der Waals surface area contributed by atoms with Gasteiger partial charge in [0.25, 0.3) is 0 Å². The van der Waals surface area contributed by atoms with Crippen LogP contribution < -0.4 is 11.1 Å². The summed E-state index contributed by atoms with van der Waals surface area (Å²) in [5, 5.41) is 13.0. The number of aromatic nitrogens is 3. The summed E-state index contributed by atoms with van der Waals surface area (Å²) in [5.41, 5.74) is 7.77. The van der Waals surface area contributed by atoms with Crippen molar-refractivity contribution in [1.29, 1.82) is 5.41 Å². The van der Waals surface area contributed by atoms with Crippen molar-refractivity contribution in [3.05, 3.63) is 46.4 Å². The van der Waals surface area contributed by atoms with Gasteiger partial charge in [-0.15, -0.1) is 0 Å². The highest BCUT2D eigenvalue weighted by Gasteiger charge is 2.23. The highest BCUT2D eigenvalue weighted by molar-refractivity contribution is 6.40. The minimum Gasteiger partial charge on any atom is -0.383 e. The number of anilines is 2. The van der Waals surface area contributed by atoms with Crippen LogP contribution in [0.5, 0.6) is 0 Å². The van der Waals surface area contributed by atoms with Crippen LogP contribution >= 0.6 is 11.6 Å². The van der Waals surface area contributed by atoms with Crippen LogP contribution in [-0.2, 0) is 0 Å². The number of carbonyl (C=O) groups excluding carboxylic acids is 1. The Bertz CT molecular complexity index is 1020. The Labute approximate surface area is 155 Å². The van der Waals surface area contributed by atoms with Gasteiger partial charge in [-0.25, -0.2) is 9.97 Å². The normalized spacial score (nSPS) is 11.5. The first-order chi connectivity index (χ1) is 12.2. The number of H-pyrrole nitrogens is 1. The average molecular weight is 371 g/mol. The van der Waals surface area contributed by atoms with Crippen molar-refractivity contribution in [1.82, 2.24) is 15.0 Å². The molecule has 0 atom stereocenters. The first-order valence-electron chi connectivity index (χ1n) is 7.95. The summed E-state index contributed by atoms with van der Waals surface area (Å²) in [6.45, 7) is 5.95. The quantitative estimate of drug-likeness (QED) is 0.412. The molecule has 0 aliphatic carbocycles. The second-order valence-corrected chi connectivity index (χ2v) is 7.35. The van der Waals surface area contributed by atoms with Crippen molar-refractivity contribution < 1.29 is 4.79 Å². The van der Waals surface area contributed by atoms with Crippen molar-refractivity contribution in [3.63, 3.8) is 0 Å². The van der Waals surface area contributed by atoms with Gasteiger partial charge in [-0.2, -0.15) is 0 Å². The Morgan fingerprint density at radius 3 is 2.73 bits per heavy atom. The molecule has 0 bridgehead atoms. The van der Waals surface area contributed by atoms with Gasteiger partial charge in [-0.3, -0.25) is 10.2 Å². The van der Waals surface area contributed by atoms with E-state index in [0.717, 1.165) is 11.7 Å². The van der Waals surface area contributed by atoms with E-state index < -0.39 is 0 Å². The molecule has 5 N–H and O–H groups in total. The van der Waals surface area contributed by atoms with E-state index >= 15 is 0 Å². The number of benzene rings is 1. The number of halogens is 1. The van der Waals surface area contributed by atoms with Crippen LogP contribution in [0.2, 0.25) is 5.02 Å². The Hall–Kier alpha value is -2.93. The maximum absolute atomic E-state index is 11.0. The molecule has 0 spiro atoms. The molecule has 8 heteroatoms. The van der Waals surface area contributed by atoms with E-state index in [0.29, 0.717) is 33.2 Å². The molecule has 2 aromatic heterocycles. The van der Waals surface area contributed by atoms with Crippen LogP contribution in [0.1, 0.15) is 42.4 Å². The molecule has 0 saturated heterocycles. The number of hydrogen-bond acceptors (Lipinski definition) is 6. The van der Waals surface area contributed by atoms with Gasteiger partial charge in [0, 0.05) is 22.0 Å². The van der Waals surface area contributed by atoms with Crippen LogP contribution in [-0.4, -0.2) is 32.5 Å². The maximum Gasteiger partial charge on any atom is 0.150 e. The molecule has 0 aliphatic heterocycles. The molecule has 0 fully saturated rings. The molecule has 2 heterocycles. The van der Waals surface area contributed by atoms with Crippen LogP contribution in [0.3, 0.4) is 0 Å². The summed E-state index contributed by atoms with van der Waals surface area (Å²) in [6.07, 6.45) is 2.11. The zero-order valence-corrected chi connectivity index (χ0v) is 15.4. The fourth-order valence-electron chi connectivity index (χ4n) is 2.65. The minimum atomic E-state index is -0.279. The van der Waals surface area contributed by atoms with E-state index in [4.69, 9.17) is 22.7 Å². The molecule has 0 aliphatic rings. The Balaban J connectivity index is 2.14. The second-order valence-electron chi connectivity index (χ2n) is 6.97. The lowest BCUT2D eigenvalue weighted by Gasteiger charge is -2.23. The number of aromatic amines is 1. The van der Waals surface area contributed by atoms with Gasteiger partial charge in [0.2, 0.25) is 0 Å². The molecule has 134 valence electrons. The summed E-state index contributed by atoms with van der Waals surface area (Å²) in [5.74, 6) is 0.637. The summed E-state index contributed by atoms with van der Waals surface area (Å²) < 4.78 is 0. The number of nitrogens with zero attached hydrogens (tertiary/aromatic N) is 2. The molecule has 0 radical (unpaired) electrons. The van der Waals surface area contributed by atoms with E-state index in [9.17, 15) is 4.79 Å². The number of rotatable bonds is 4. The van der Waals surface area contributed by atoms with Crippen molar-refractivity contribution in [2.45, 2.75) is 26.3 Å². The van der Waals surface area contributed by atoms with Gasteiger partial charge in [-0.1, -0.05) is 23.7 Å². The van der Waals surface area contributed by atoms with E-state index in [1.165, 1.54) is 6.33 Å². The van der Waals surface area contributed by atoms with E-state index in [-0.39, 0.29) is 17.1 Å². The Kier molecular flexibility index (Phi) is 4.41. The fourth-order valence-corrected chi connectivity index (χ4v) is 2.95. The molecule has 0 amide bonds. The van der Waals surface area contributed by atoms with Crippen molar-refractivity contribution in [2.24, 2.45) is 0 Å². The number of hydrogen-bond donors (Lipinski definition) is 4. The van der Waals surface area contributed by atoms with Crippen LogP contribution in [0.15, 0.2) is 24.5 Å². The maximum atomic E-state index is 11.0. The summed E-state index contributed by atoms with van der Waals surface area (Å²) >= 11 is 6.47. The summed E-state index contributed by atoms with van der Waals surface area (Å²) in [4.78, 5) is 22.3. The lowest BCUT2D eigenvalue weighted by atomic mass is 10.1.